The topological polar surface area (TPSA) is 129 Å². The number of rotatable bonds is 8. The Kier molecular flexibility index (Phi) is 10.2. The van der Waals surface area contributed by atoms with E-state index in [2.05, 4.69) is 19.8 Å². The van der Waals surface area contributed by atoms with Crippen LogP contribution >= 0.6 is 11.6 Å². The summed E-state index contributed by atoms with van der Waals surface area (Å²) in [5, 5.41) is 5.90. The van der Waals surface area contributed by atoms with Crippen LogP contribution in [0.3, 0.4) is 0 Å². The van der Waals surface area contributed by atoms with Crippen LogP contribution in [-0.2, 0) is 17.5 Å². The number of H-pyrrole nitrogens is 1. The molecule has 214 valence electrons. The molecule has 0 fully saturated rings. The minimum Gasteiger partial charge on any atom is -0.397 e. The molecule has 3 aromatic heterocycles. The summed E-state index contributed by atoms with van der Waals surface area (Å²) in [6.45, 7) is -2.38. The van der Waals surface area contributed by atoms with E-state index in [9.17, 15) is 35.9 Å². The van der Waals surface area contributed by atoms with Gasteiger partial charge in [0, 0.05) is 25.1 Å². The summed E-state index contributed by atoms with van der Waals surface area (Å²) < 4.78 is 79.9. The van der Waals surface area contributed by atoms with Crippen molar-refractivity contribution in [2.24, 2.45) is 0 Å². The first-order valence-electron chi connectivity index (χ1n) is 11.5. The van der Waals surface area contributed by atoms with Crippen molar-refractivity contribution in [3.05, 3.63) is 80.1 Å². The quantitative estimate of drug-likeness (QED) is 0.217. The molecule has 3 heterocycles. The van der Waals surface area contributed by atoms with Crippen molar-refractivity contribution < 1.29 is 31.1 Å². The van der Waals surface area contributed by atoms with Crippen molar-refractivity contribution in [1.29, 1.82) is 0 Å². The molecule has 4 aromatic rings. The van der Waals surface area contributed by atoms with Gasteiger partial charge in [0.1, 0.15) is 11.4 Å². The van der Waals surface area contributed by atoms with E-state index in [0.29, 0.717) is 36.2 Å². The lowest BCUT2D eigenvalue weighted by Crippen LogP contribution is -2.24. The fraction of sp³-hybridized carbons (Fsp3) is 0.292. The molecule has 3 N–H and O–H groups in total. The second-order valence-electron chi connectivity index (χ2n) is 8.18. The highest BCUT2D eigenvalue weighted by Crippen LogP contribution is 2.29. The van der Waals surface area contributed by atoms with Gasteiger partial charge in [-0.25, -0.2) is 19.5 Å². The van der Waals surface area contributed by atoms with E-state index in [1.807, 2.05) is 0 Å². The van der Waals surface area contributed by atoms with E-state index in [4.69, 9.17) is 17.3 Å². The van der Waals surface area contributed by atoms with Crippen molar-refractivity contribution in [3.8, 4) is 11.4 Å². The number of unbranched alkanes of at least 4 members (excludes halogenated alkanes) is 2. The monoisotopic (exact) mass is 590 g/mol. The minimum absolute atomic E-state index is 0.0228. The van der Waals surface area contributed by atoms with Gasteiger partial charge in [0.05, 0.1) is 34.5 Å². The lowest BCUT2D eigenvalue weighted by molar-refractivity contribution is -0.138. The number of aromatic nitrogens is 5. The predicted octanol–water partition coefficient (Wildman–Crippen LogP) is 5.03. The number of anilines is 1. The van der Waals surface area contributed by atoms with Crippen LogP contribution in [0.4, 0.5) is 32.0 Å². The second kappa shape index (κ2) is 13.4. The number of nitrogens with zero attached hydrogens (tertiary/aromatic N) is 4. The first-order chi connectivity index (χ1) is 18.9. The van der Waals surface area contributed by atoms with Crippen LogP contribution in [0.25, 0.3) is 22.2 Å². The van der Waals surface area contributed by atoms with Gasteiger partial charge in [-0.1, -0.05) is 11.6 Å². The largest absolute Gasteiger partial charge is 0.423 e. The molecule has 0 bridgehead atoms. The van der Waals surface area contributed by atoms with Crippen LogP contribution in [0, 0.1) is 5.82 Å². The summed E-state index contributed by atoms with van der Waals surface area (Å²) in [6.07, 6.45) is 2.12. The maximum Gasteiger partial charge on any atom is 0.423 e. The fourth-order valence-corrected chi connectivity index (χ4v) is 3.64. The van der Waals surface area contributed by atoms with Crippen LogP contribution in [0.15, 0.2) is 52.6 Å². The predicted molar refractivity (Wildman–Crippen MR) is 134 cm³/mol. The van der Waals surface area contributed by atoms with Crippen molar-refractivity contribution in [2.45, 2.75) is 38.6 Å². The second-order valence-corrected chi connectivity index (χ2v) is 8.61. The Hall–Kier alpha value is -3.98. The molecule has 9 nitrogen and oxygen atoms in total. The Bertz CT molecular complexity index is 1560. The normalized spacial score (nSPS) is 11.5. The van der Waals surface area contributed by atoms with Gasteiger partial charge in [0.25, 0.3) is 11.1 Å². The molecule has 0 spiro atoms. The number of fused-ring (bicyclic) bond motifs is 1. The lowest BCUT2D eigenvalue weighted by Gasteiger charge is -2.09. The Morgan fingerprint density at radius 2 is 1.77 bits per heavy atom. The number of aryl methyl sites for hydroxylation is 1. The number of nitrogens with two attached hydrogens (primary N) is 1. The summed E-state index contributed by atoms with van der Waals surface area (Å²) in [4.78, 5) is 31.2. The number of pyridine rings is 1. The third kappa shape index (κ3) is 8.02. The van der Waals surface area contributed by atoms with Gasteiger partial charge >= 0.3 is 12.8 Å². The highest BCUT2D eigenvalue weighted by molar-refractivity contribution is 6.30. The Morgan fingerprint density at radius 1 is 1.07 bits per heavy atom. The summed E-state index contributed by atoms with van der Waals surface area (Å²) in [6, 6.07) is 4.43. The average molecular weight is 591 g/mol. The van der Waals surface area contributed by atoms with E-state index in [1.165, 1.54) is 29.1 Å². The number of ether oxygens (including phenoxy) is 1. The van der Waals surface area contributed by atoms with E-state index in [0.717, 1.165) is 6.20 Å². The van der Waals surface area contributed by atoms with E-state index in [1.54, 1.807) is 17.4 Å². The molecular formula is C24H21ClF6N6O3. The van der Waals surface area contributed by atoms with Crippen LogP contribution in [0.2, 0.25) is 5.02 Å². The molecule has 0 radical (unpaired) electrons. The van der Waals surface area contributed by atoms with Crippen LogP contribution < -0.4 is 16.9 Å². The zero-order chi connectivity index (χ0) is 29.4. The number of alkyl halides is 5. The van der Waals surface area contributed by atoms with Gasteiger partial charge in [0.2, 0.25) is 0 Å². The molecule has 0 saturated carbocycles. The maximum absolute atomic E-state index is 14.5. The standard InChI is InChI=1S/C19H17ClF3N3O2.C5H4F3N3O/c20-13-10-24-17(25-11-13)15-8-12-4-6-26(18(27)14(12)9-16(15)21)5-2-1-3-7-28-19(22)23;6-5(7,8)3-2(9)1-10-11-4(3)12/h4,6,8-11,19H,1-3,5,7H2;1H,(H3,9,11,12). The smallest absolute Gasteiger partial charge is 0.397 e. The third-order valence-corrected chi connectivity index (χ3v) is 5.58. The molecule has 0 aliphatic heterocycles. The first kappa shape index (κ1) is 30.6. The number of benzene rings is 1. The highest BCUT2D eigenvalue weighted by atomic mass is 35.5. The molecule has 0 atom stereocenters. The molecule has 0 aliphatic carbocycles. The number of aromatic amines is 1. The number of hydrogen-bond acceptors (Lipinski definition) is 7. The van der Waals surface area contributed by atoms with E-state index < -0.39 is 35.4 Å². The van der Waals surface area contributed by atoms with Gasteiger partial charge in [-0.15, -0.1) is 0 Å². The van der Waals surface area contributed by atoms with Crippen LogP contribution in [-0.4, -0.2) is 38.0 Å². The van der Waals surface area contributed by atoms with Gasteiger partial charge in [-0.3, -0.25) is 9.59 Å². The Morgan fingerprint density at radius 3 is 2.38 bits per heavy atom. The Balaban J connectivity index is 0.000000307. The number of halogens is 7. The molecule has 1 aromatic carbocycles. The molecule has 0 saturated heterocycles. The molecule has 0 amide bonds. The van der Waals surface area contributed by atoms with Gasteiger partial charge in [0.15, 0.2) is 5.82 Å². The fourth-order valence-electron chi connectivity index (χ4n) is 3.54. The summed E-state index contributed by atoms with van der Waals surface area (Å²) in [5.41, 5.74) is 1.36. The van der Waals surface area contributed by atoms with Crippen molar-refractivity contribution in [2.75, 3.05) is 12.3 Å². The molecular weight excluding hydrogens is 570 g/mol. The Labute approximate surface area is 226 Å². The molecule has 0 unspecified atom stereocenters. The molecule has 16 heteroatoms. The maximum atomic E-state index is 14.5. The lowest BCUT2D eigenvalue weighted by atomic mass is 10.1. The van der Waals surface area contributed by atoms with Crippen molar-refractivity contribution in [1.82, 2.24) is 24.7 Å². The van der Waals surface area contributed by atoms with Crippen molar-refractivity contribution in [3.63, 3.8) is 0 Å². The third-order valence-electron chi connectivity index (χ3n) is 5.38. The first-order valence-corrected chi connectivity index (χ1v) is 11.9. The van der Waals surface area contributed by atoms with Crippen molar-refractivity contribution >= 4 is 28.1 Å². The van der Waals surface area contributed by atoms with E-state index >= 15 is 0 Å². The van der Waals surface area contributed by atoms with Crippen LogP contribution in [0.5, 0.6) is 0 Å². The van der Waals surface area contributed by atoms with E-state index in [-0.39, 0.29) is 28.9 Å². The SMILES string of the molecule is Nc1cn[nH]c(=O)c1C(F)(F)F.O=c1c2cc(F)c(-c3ncc(Cl)cn3)cc2ccn1CCCCCOC(F)F. The number of nitrogens with one attached hydrogen (secondary N) is 1. The van der Waals surface area contributed by atoms with Gasteiger partial charge in [-0.05, 0) is 42.8 Å². The zero-order valence-corrected chi connectivity index (χ0v) is 21.1. The molecule has 40 heavy (non-hydrogen) atoms. The zero-order valence-electron chi connectivity index (χ0n) is 20.4. The summed E-state index contributed by atoms with van der Waals surface area (Å²) in [7, 11) is 0. The summed E-state index contributed by atoms with van der Waals surface area (Å²) >= 11 is 5.75. The number of hydrogen-bond donors (Lipinski definition) is 2. The van der Waals surface area contributed by atoms with Gasteiger partial charge in [-0.2, -0.15) is 27.1 Å². The molecule has 0 aliphatic rings. The summed E-state index contributed by atoms with van der Waals surface area (Å²) in [5.74, 6) is -0.423. The minimum atomic E-state index is -4.74. The highest BCUT2D eigenvalue weighted by Gasteiger charge is 2.36. The average Bonchev–Trinajstić information content (AvgIpc) is 2.87. The number of nitrogen functional groups attached to an aromatic ring is 1. The van der Waals surface area contributed by atoms with Crippen LogP contribution in [0.1, 0.15) is 24.8 Å². The molecule has 4 rings (SSSR count). The van der Waals surface area contributed by atoms with Gasteiger partial charge < -0.3 is 15.0 Å².